The summed E-state index contributed by atoms with van der Waals surface area (Å²) in [5, 5.41) is 0. The van der Waals surface area contributed by atoms with Crippen molar-refractivity contribution in [2.75, 3.05) is 12.9 Å². The molecule has 0 spiro atoms. The van der Waals surface area contributed by atoms with Crippen molar-refractivity contribution in [1.29, 1.82) is 0 Å². The molecular formula is C19H20O2S. The summed E-state index contributed by atoms with van der Waals surface area (Å²) in [6.45, 7) is 0. The molecule has 0 aromatic heterocycles. The van der Waals surface area contributed by atoms with Crippen LogP contribution in [0.5, 0.6) is 17.2 Å². The summed E-state index contributed by atoms with van der Waals surface area (Å²) < 4.78 is 11.2. The lowest BCUT2D eigenvalue weighted by Crippen LogP contribution is -2.09. The molecule has 2 aliphatic rings. The van der Waals surface area contributed by atoms with Crippen LogP contribution in [0.2, 0.25) is 0 Å². The first-order chi connectivity index (χ1) is 10.8. The van der Waals surface area contributed by atoms with E-state index in [1.54, 1.807) is 12.7 Å². The SMILES string of the molecule is COc1ccc(Oc2ccc3c(c2)SCCC3C2CC2)cc1. The fourth-order valence-electron chi connectivity index (χ4n) is 3.23. The minimum Gasteiger partial charge on any atom is -0.497 e. The Morgan fingerprint density at radius 1 is 0.909 bits per heavy atom. The van der Waals surface area contributed by atoms with E-state index >= 15 is 0 Å². The number of benzene rings is 2. The van der Waals surface area contributed by atoms with E-state index in [9.17, 15) is 0 Å². The van der Waals surface area contributed by atoms with E-state index in [4.69, 9.17) is 9.47 Å². The highest BCUT2D eigenvalue weighted by Crippen LogP contribution is 2.50. The molecule has 1 saturated carbocycles. The molecule has 22 heavy (non-hydrogen) atoms. The lowest BCUT2D eigenvalue weighted by atomic mass is 9.91. The fraction of sp³-hybridized carbons (Fsp3) is 0.368. The average molecular weight is 312 g/mol. The molecule has 2 nitrogen and oxygen atoms in total. The molecule has 0 radical (unpaired) electrons. The first-order valence-corrected chi connectivity index (χ1v) is 8.91. The van der Waals surface area contributed by atoms with E-state index in [1.807, 2.05) is 36.0 Å². The zero-order chi connectivity index (χ0) is 14.9. The van der Waals surface area contributed by atoms with Crippen LogP contribution in [-0.2, 0) is 0 Å². The average Bonchev–Trinajstić information content (AvgIpc) is 3.40. The molecule has 2 aromatic carbocycles. The molecule has 1 atom stereocenters. The second-order valence-electron chi connectivity index (χ2n) is 6.06. The van der Waals surface area contributed by atoms with Crippen molar-refractivity contribution in [1.82, 2.24) is 0 Å². The molecule has 4 rings (SSSR count). The summed E-state index contributed by atoms with van der Waals surface area (Å²) in [5.41, 5.74) is 1.54. The van der Waals surface area contributed by atoms with Crippen LogP contribution in [0.15, 0.2) is 47.4 Å². The van der Waals surface area contributed by atoms with E-state index in [2.05, 4.69) is 18.2 Å². The van der Waals surface area contributed by atoms with Crippen molar-refractivity contribution in [3.63, 3.8) is 0 Å². The maximum Gasteiger partial charge on any atom is 0.128 e. The number of hydrogen-bond donors (Lipinski definition) is 0. The van der Waals surface area contributed by atoms with Gasteiger partial charge in [0.15, 0.2) is 0 Å². The van der Waals surface area contributed by atoms with Crippen molar-refractivity contribution >= 4 is 11.8 Å². The van der Waals surface area contributed by atoms with Gasteiger partial charge in [-0.15, -0.1) is 11.8 Å². The molecular weight excluding hydrogens is 292 g/mol. The van der Waals surface area contributed by atoms with E-state index < -0.39 is 0 Å². The maximum absolute atomic E-state index is 5.99. The molecule has 1 heterocycles. The third-order valence-electron chi connectivity index (χ3n) is 4.56. The zero-order valence-electron chi connectivity index (χ0n) is 12.7. The van der Waals surface area contributed by atoms with E-state index in [0.717, 1.165) is 29.1 Å². The minimum absolute atomic E-state index is 0.784. The van der Waals surface area contributed by atoms with Crippen LogP contribution in [0, 0.1) is 5.92 Å². The van der Waals surface area contributed by atoms with Gasteiger partial charge in [0.1, 0.15) is 17.2 Å². The molecule has 3 heteroatoms. The summed E-state index contributed by atoms with van der Waals surface area (Å²) >= 11 is 1.97. The second-order valence-corrected chi connectivity index (χ2v) is 7.20. The van der Waals surface area contributed by atoms with Gasteiger partial charge < -0.3 is 9.47 Å². The van der Waals surface area contributed by atoms with Crippen molar-refractivity contribution in [2.24, 2.45) is 5.92 Å². The van der Waals surface area contributed by atoms with Gasteiger partial charge in [-0.05, 0) is 78.8 Å². The smallest absolute Gasteiger partial charge is 0.128 e. The van der Waals surface area contributed by atoms with Gasteiger partial charge in [-0.2, -0.15) is 0 Å². The molecule has 1 unspecified atom stereocenters. The predicted octanol–water partition coefficient (Wildman–Crippen LogP) is 5.48. The minimum atomic E-state index is 0.784. The van der Waals surface area contributed by atoms with Gasteiger partial charge in [0.25, 0.3) is 0 Å². The summed E-state index contributed by atoms with van der Waals surface area (Å²) in [7, 11) is 1.67. The largest absolute Gasteiger partial charge is 0.497 e. The molecule has 1 aliphatic carbocycles. The monoisotopic (exact) mass is 312 g/mol. The molecule has 114 valence electrons. The summed E-state index contributed by atoms with van der Waals surface area (Å²) in [6.07, 6.45) is 4.17. The fourth-order valence-corrected chi connectivity index (χ4v) is 4.41. The first kappa shape index (κ1) is 14.0. The van der Waals surface area contributed by atoms with E-state index in [-0.39, 0.29) is 0 Å². The highest BCUT2D eigenvalue weighted by Gasteiger charge is 2.35. The number of methoxy groups -OCH3 is 1. The van der Waals surface area contributed by atoms with Crippen LogP contribution < -0.4 is 9.47 Å². The first-order valence-electron chi connectivity index (χ1n) is 7.92. The van der Waals surface area contributed by atoms with Crippen LogP contribution in [0.1, 0.15) is 30.7 Å². The summed E-state index contributed by atoms with van der Waals surface area (Å²) in [4.78, 5) is 1.41. The third kappa shape index (κ3) is 2.82. The van der Waals surface area contributed by atoms with Crippen molar-refractivity contribution in [3.05, 3.63) is 48.0 Å². The normalized spacial score (nSPS) is 20.3. The number of thioether (sulfide) groups is 1. The molecule has 0 N–H and O–H groups in total. The molecule has 1 aliphatic heterocycles. The van der Waals surface area contributed by atoms with Gasteiger partial charge in [-0.25, -0.2) is 0 Å². The topological polar surface area (TPSA) is 18.5 Å². The number of rotatable bonds is 4. The van der Waals surface area contributed by atoms with Gasteiger partial charge in [-0.3, -0.25) is 0 Å². The second kappa shape index (κ2) is 5.88. The molecule has 1 fully saturated rings. The Morgan fingerprint density at radius 2 is 1.64 bits per heavy atom. The van der Waals surface area contributed by atoms with Gasteiger partial charge in [0.2, 0.25) is 0 Å². The van der Waals surface area contributed by atoms with Crippen molar-refractivity contribution in [3.8, 4) is 17.2 Å². The molecule has 2 aromatic rings. The van der Waals surface area contributed by atoms with Gasteiger partial charge in [0, 0.05) is 4.90 Å². The predicted molar refractivity (Wildman–Crippen MR) is 90.3 cm³/mol. The number of ether oxygens (including phenoxy) is 2. The Labute approximate surface area is 135 Å². The summed E-state index contributed by atoms with van der Waals surface area (Å²) in [6, 6.07) is 14.3. The van der Waals surface area contributed by atoms with Gasteiger partial charge in [-0.1, -0.05) is 6.07 Å². The lowest BCUT2D eigenvalue weighted by molar-refractivity contribution is 0.412. The van der Waals surface area contributed by atoms with Crippen molar-refractivity contribution < 1.29 is 9.47 Å². The van der Waals surface area contributed by atoms with Crippen LogP contribution in [-0.4, -0.2) is 12.9 Å². The van der Waals surface area contributed by atoms with Crippen LogP contribution in [0.4, 0.5) is 0 Å². The number of hydrogen-bond acceptors (Lipinski definition) is 3. The van der Waals surface area contributed by atoms with Gasteiger partial charge >= 0.3 is 0 Å². The quantitative estimate of drug-likeness (QED) is 0.745. The molecule has 0 saturated heterocycles. The van der Waals surface area contributed by atoms with Gasteiger partial charge in [0.05, 0.1) is 7.11 Å². The molecule has 0 bridgehead atoms. The Kier molecular flexibility index (Phi) is 3.75. The lowest BCUT2D eigenvalue weighted by Gasteiger charge is -2.25. The molecule has 0 amide bonds. The zero-order valence-corrected chi connectivity index (χ0v) is 13.6. The standard InChI is InChI=1S/C19H20O2S/c1-20-14-4-6-15(7-5-14)21-16-8-9-18-17(13-2-3-13)10-11-22-19(18)12-16/h4-9,12-13,17H,2-3,10-11H2,1H3. The van der Waals surface area contributed by atoms with E-state index in [1.165, 1.54) is 29.9 Å². The third-order valence-corrected chi connectivity index (χ3v) is 5.66. The van der Waals surface area contributed by atoms with Crippen LogP contribution >= 0.6 is 11.8 Å². The van der Waals surface area contributed by atoms with Crippen LogP contribution in [0.25, 0.3) is 0 Å². The van der Waals surface area contributed by atoms with Crippen LogP contribution in [0.3, 0.4) is 0 Å². The van der Waals surface area contributed by atoms with Crippen molar-refractivity contribution in [2.45, 2.75) is 30.1 Å². The van der Waals surface area contributed by atoms with E-state index in [0.29, 0.717) is 0 Å². The highest BCUT2D eigenvalue weighted by atomic mass is 32.2. The Morgan fingerprint density at radius 3 is 2.36 bits per heavy atom. The Balaban J connectivity index is 1.55. The highest BCUT2D eigenvalue weighted by molar-refractivity contribution is 7.99. The Hall–Kier alpha value is -1.61. The number of fused-ring (bicyclic) bond motifs is 1. The maximum atomic E-state index is 5.99. The Bertz CT molecular complexity index is 662. The summed E-state index contributed by atoms with van der Waals surface area (Å²) in [5.74, 6) is 5.58.